The molecular formula is C13H9BrF3N5. The molecule has 2 heterocycles. The molecule has 114 valence electrons. The van der Waals surface area contributed by atoms with Crippen LogP contribution < -0.4 is 5.73 Å². The molecule has 0 aliphatic carbocycles. The Hall–Kier alpha value is -2.16. The fraction of sp³-hybridized carbons (Fsp3) is 0.154. The molecular weight excluding hydrogens is 363 g/mol. The van der Waals surface area contributed by atoms with Gasteiger partial charge in [-0.05, 0) is 24.6 Å². The van der Waals surface area contributed by atoms with E-state index in [0.717, 1.165) is 14.6 Å². The number of hydrogen-bond acceptors (Lipinski definition) is 4. The SMILES string of the molecule is Cc1nc2nc(C(F)(F)F)nn2c(N)c1-c1ccc(Br)cc1. The average Bonchev–Trinajstić information content (AvgIpc) is 2.85. The van der Waals surface area contributed by atoms with Crippen molar-refractivity contribution in [1.82, 2.24) is 19.6 Å². The topological polar surface area (TPSA) is 69.1 Å². The van der Waals surface area contributed by atoms with Gasteiger partial charge in [0.1, 0.15) is 5.82 Å². The van der Waals surface area contributed by atoms with Crippen LogP contribution in [0, 0.1) is 6.92 Å². The number of halogens is 4. The predicted molar refractivity (Wildman–Crippen MR) is 78.1 cm³/mol. The lowest BCUT2D eigenvalue weighted by atomic mass is 10.1. The fourth-order valence-corrected chi connectivity index (χ4v) is 2.39. The summed E-state index contributed by atoms with van der Waals surface area (Å²) in [5.74, 6) is -1.38. The van der Waals surface area contributed by atoms with Crippen LogP contribution in [0.15, 0.2) is 28.7 Å². The first kappa shape index (κ1) is 14.8. The van der Waals surface area contributed by atoms with Gasteiger partial charge in [0.15, 0.2) is 0 Å². The Balaban J connectivity index is 2.26. The van der Waals surface area contributed by atoms with Gasteiger partial charge in [-0.25, -0.2) is 4.98 Å². The molecule has 0 unspecified atom stereocenters. The van der Waals surface area contributed by atoms with Crippen LogP contribution in [0.25, 0.3) is 16.9 Å². The van der Waals surface area contributed by atoms with Crippen molar-refractivity contribution in [3.8, 4) is 11.1 Å². The van der Waals surface area contributed by atoms with E-state index in [9.17, 15) is 13.2 Å². The maximum Gasteiger partial charge on any atom is 0.453 e. The van der Waals surface area contributed by atoms with Crippen LogP contribution in [0.3, 0.4) is 0 Å². The van der Waals surface area contributed by atoms with Crippen molar-refractivity contribution in [3.05, 3.63) is 40.3 Å². The van der Waals surface area contributed by atoms with E-state index in [-0.39, 0.29) is 11.6 Å². The fourth-order valence-electron chi connectivity index (χ4n) is 2.13. The Bertz CT molecular complexity index is 855. The summed E-state index contributed by atoms with van der Waals surface area (Å²) in [5, 5.41) is 3.41. The molecule has 3 rings (SSSR count). The van der Waals surface area contributed by atoms with Crippen LogP contribution in [-0.4, -0.2) is 19.6 Å². The highest BCUT2D eigenvalue weighted by Crippen LogP contribution is 2.32. The molecule has 0 aliphatic heterocycles. The molecule has 5 nitrogen and oxygen atoms in total. The lowest BCUT2D eigenvalue weighted by Gasteiger charge is -2.10. The highest BCUT2D eigenvalue weighted by Gasteiger charge is 2.37. The number of nitrogens with zero attached hydrogens (tertiary/aromatic N) is 4. The van der Waals surface area contributed by atoms with E-state index < -0.39 is 12.0 Å². The smallest absolute Gasteiger partial charge is 0.383 e. The molecule has 2 aromatic heterocycles. The summed E-state index contributed by atoms with van der Waals surface area (Å²) < 4.78 is 39.9. The molecule has 1 aromatic carbocycles. The Morgan fingerprint density at radius 3 is 2.36 bits per heavy atom. The molecule has 22 heavy (non-hydrogen) atoms. The number of benzene rings is 1. The summed E-state index contributed by atoms with van der Waals surface area (Å²) in [6.07, 6.45) is -4.65. The van der Waals surface area contributed by atoms with E-state index in [1.165, 1.54) is 0 Å². The van der Waals surface area contributed by atoms with Gasteiger partial charge in [0, 0.05) is 10.0 Å². The van der Waals surface area contributed by atoms with Crippen molar-refractivity contribution in [2.75, 3.05) is 5.73 Å². The first-order valence-electron chi connectivity index (χ1n) is 6.13. The Morgan fingerprint density at radius 1 is 1.14 bits per heavy atom. The highest BCUT2D eigenvalue weighted by atomic mass is 79.9. The Morgan fingerprint density at radius 2 is 1.77 bits per heavy atom. The number of rotatable bonds is 1. The summed E-state index contributed by atoms with van der Waals surface area (Å²) in [5.41, 5.74) is 7.73. The second-order valence-corrected chi connectivity index (χ2v) is 5.52. The third kappa shape index (κ3) is 2.41. The third-order valence-electron chi connectivity index (χ3n) is 3.09. The van der Waals surface area contributed by atoms with Crippen LogP contribution in [0.2, 0.25) is 0 Å². The molecule has 2 N–H and O–H groups in total. The van der Waals surface area contributed by atoms with Crippen molar-refractivity contribution < 1.29 is 13.2 Å². The van der Waals surface area contributed by atoms with E-state index in [0.29, 0.717) is 11.3 Å². The summed E-state index contributed by atoms with van der Waals surface area (Å²) in [4.78, 5) is 7.45. The van der Waals surface area contributed by atoms with Gasteiger partial charge in [0.05, 0.1) is 5.69 Å². The van der Waals surface area contributed by atoms with Gasteiger partial charge in [-0.1, -0.05) is 28.1 Å². The molecule has 0 aliphatic rings. The monoisotopic (exact) mass is 371 g/mol. The quantitative estimate of drug-likeness (QED) is 0.710. The van der Waals surface area contributed by atoms with Gasteiger partial charge in [0.2, 0.25) is 0 Å². The minimum absolute atomic E-state index is 0.0628. The molecule has 0 amide bonds. The maximum absolute atomic E-state index is 12.7. The number of nitrogen functional groups attached to an aromatic ring is 1. The number of aromatic nitrogens is 4. The van der Waals surface area contributed by atoms with Crippen LogP contribution in [0.1, 0.15) is 11.5 Å². The van der Waals surface area contributed by atoms with Gasteiger partial charge < -0.3 is 5.73 Å². The molecule has 0 spiro atoms. The molecule has 3 aromatic rings. The Kier molecular flexibility index (Phi) is 3.32. The van der Waals surface area contributed by atoms with E-state index in [4.69, 9.17) is 5.73 Å². The second kappa shape index (κ2) is 4.94. The number of nitrogens with two attached hydrogens (primary N) is 1. The normalized spacial score (nSPS) is 12.0. The minimum atomic E-state index is -4.65. The average molecular weight is 372 g/mol. The summed E-state index contributed by atoms with van der Waals surface area (Å²) in [7, 11) is 0. The zero-order valence-electron chi connectivity index (χ0n) is 11.2. The third-order valence-corrected chi connectivity index (χ3v) is 3.62. The Labute approximate surface area is 131 Å². The van der Waals surface area contributed by atoms with Crippen LogP contribution in [0.4, 0.5) is 19.0 Å². The van der Waals surface area contributed by atoms with Crippen LogP contribution >= 0.6 is 15.9 Å². The first-order valence-corrected chi connectivity index (χ1v) is 6.92. The molecule has 0 atom stereocenters. The predicted octanol–water partition coefficient (Wildman–Crippen LogP) is 3.46. The number of alkyl halides is 3. The van der Waals surface area contributed by atoms with Gasteiger partial charge in [-0.3, -0.25) is 0 Å². The zero-order chi connectivity index (χ0) is 16.1. The zero-order valence-corrected chi connectivity index (χ0v) is 12.8. The molecule has 0 bridgehead atoms. The van der Waals surface area contributed by atoms with Crippen molar-refractivity contribution in [2.24, 2.45) is 0 Å². The van der Waals surface area contributed by atoms with Gasteiger partial charge in [-0.2, -0.15) is 22.7 Å². The number of hydrogen-bond donors (Lipinski definition) is 1. The van der Waals surface area contributed by atoms with Crippen molar-refractivity contribution in [3.63, 3.8) is 0 Å². The largest absolute Gasteiger partial charge is 0.453 e. The van der Waals surface area contributed by atoms with Crippen LogP contribution in [-0.2, 0) is 6.18 Å². The lowest BCUT2D eigenvalue weighted by Crippen LogP contribution is -2.09. The van der Waals surface area contributed by atoms with E-state index in [2.05, 4.69) is 31.0 Å². The van der Waals surface area contributed by atoms with Gasteiger partial charge >= 0.3 is 6.18 Å². The van der Waals surface area contributed by atoms with Crippen molar-refractivity contribution >= 4 is 27.5 Å². The highest BCUT2D eigenvalue weighted by molar-refractivity contribution is 9.10. The number of aryl methyl sites for hydroxylation is 1. The van der Waals surface area contributed by atoms with E-state index >= 15 is 0 Å². The molecule has 0 fully saturated rings. The first-order chi connectivity index (χ1) is 10.3. The molecule has 0 saturated carbocycles. The van der Waals surface area contributed by atoms with E-state index in [1.54, 1.807) is 31.2 Å². The molecule has 0 saturated heterocycles. The molecule has 0 radical (unpaired) electrons. The maximum atomic E-state index is 12.7. The number of fused-ring (bicyclic) bond motifs is 1. The van der Waals surface area contributed by atoms with Crippen LogP contribution in [0.5, 0.6) is 0 Å². The summed E-state index contributed by atoms with van der Waals surface area (Å²) in [6, 6.07) is 7.19. The van der Waals surface area contributed by atoms with Crippen molar-refractivity contribution in [1.29, 1.82) is 0 Å². The summed E-state index contributed by atoms with van der Waals surface area (Å²) in [6.45, 7) is 1.66. The second-order valence-electron chi connectivity index (χ2n) is 4.61. The minimum Gasteiger partial charge on any atom is -0.383 e. The lowest BCUT2D eigenvalue weighted by molar-refractivity contribution is -0.144. The van der Waals surface area contributed by atoms with Gasteiger partial charge in [0.25, 0.3) is 11.6 Å². The van der Waals surface area contributed by atoms with Crippen molar-refractivity contribution in [2.45, 2.75) is 13.1 Å². The standard InChI is InChI=1S/C13H9BrF3N5/c1-6-9(7-2-4-8(14)5-3-7)10(18)22-12(19-6)20-11(21-22)13(15,16)17/h2-5H,18H2,1H3. The molecule has 9 heteroatoms. The van der Waals surface area contributed by atoms with E-state index in [1.807, 2.05) is 0 Å². The summed E-state index contributed by atoms with van der Waals surface area (Å²) >= 11 is 3.32. The number of anilines is 1. The van der Waals surface area contributed by atoms with Gasteiger partial charge in [-0.15, -0.1) is 5.10 Å².